The lowest BCUT2D eigenvalue weighted by Crippen LogP contribution is -2.21. The van der Waals surface area contributed by atoms with Gasteiger partial charge in [0.05, 0.1) is 22.3 Å². The first-order valence-electron chi connectivity index (χ1n) is 8.67. The molecule has 0 bridgehead atoms. The van der Waals surface area contributed by atoms with Gasteiger partial charge in [-0.3, -0.25) is 4.79 Å². The number of nitrogens with zero attached hydrogens (tertiary/aromatic N) is 3. The van der Waals surface area contributed by atoms with E-state index in [0.29, 0.717) is 21.6 Å². The van der Waals surface area contributed by atoms with E-state index in [2.05, 4.69) is 15.9 Å². The molecule has 0 N–H and O–H groups in total. The summed E-state index contributed by atoms with van der Waals surface area (Å²) >= 11 is 9.53. The quantitative estimate of drug-likeness (QED) is 0.345. The van der Waals surface area contributed by atoms with Crippen LogP contribution in [0.3, 0.4) is 0 Å². The summed E-state index contributed by atoms with van der Waals surface area (Å²) in [6.07, 6.45) is 0. The Labute approximate surface area is 173 Å². The number of rotatable bonds is 2. The molecule has 6 heteroatoms. The summed E-state index contributed by atoms with van der Waals surface area (Å²) in [4.78, 5) is 18.1. The molecule has 136 valence electrons. The fraction of sp³-hybridized carbons (Fsp3) is 0. The Balaban J connectivity index is 1.95. The first-order chi connectivity index (χ1) is 13.6. The standard InChI is InChI=1S/C22H13BrClN3O/c23-15-6-11-19-18(12-15)22(28)27-21(25-19)13-20(14-4-2-1-3-5-14)26(27)17-9-7-16(24)8-10-17/h1-13H. The molecule has 2 aromatic heterocycles. The van der Waals surface area contributed by atoms with Crippen LogP contribution in [0.2, 0.25) is 5.02 Å². The summed E-state index contributed by atoms with van der Waals surface area (Å²) in [5, 5.41) is 1.20. The predicted molar refractivity (Wildman–Crippen MR) is 116 cm³/mol. The monoisotopic (exact) mass is 449 g/mol. The second kappa shape index (κ2) is 6.62. The maximum absolute atomic E-state index is 13.4. The van der Waals surface area contributed by atoms with Crippen molar-refractivity contribution in [2.75, 3.05) is 0 Å². The van der Waals surface area contributed by atoms with E-state index < -0.39 is 0 Å². The third kappa shape index (κ3) is 2.75. The Hall–Kier alpha value is -2.89. The molecule has 28 heavy (non-hydrogen) atoms. The molecule has 0 aliphatic rings. The Morgan fingerprint density at radius 3 is 2.39 bits per heavy atom. The molecule has 3 aromatic carbocycles. The Kier molecular flexibility index (Phi) is 4.07. The average molecular weight is 451 g/mol. The zero-order valence-corrected chi connectivity index (χ0v) is 16.9. The predicted octanol–water partition coefficient (Wildman–Crippen LogP) is 5.72. The van der Waals surface area contributed by atoms with Gasteiger partial charge in [0.15, 0.2) is 5.65 Å². The van der Waals surface area contributed by atoms with Gasteiger partial charge < -0.3 is 0 Å². The van der Waals surface area contributed by atoms with Crippen LogP contribution in [0.4, 0.5) is 0 Å². The van der Waals surface area contributed by atoms with Crippen molar-refractivity contribution in [2.24, 2.45) is 0 Å². The van der Waals surface area contributed by atoms with Gasteiger partial charge in [-0.2, -0.15) is 4.52 Å². The van der Waals surface area contributed by atoms with Gasteiger partial charge in [0.2, 0.25) is 0 Å². The van der Waals surface area contributed by atoms with E-state index in [9.17, 15) is 4.79 Å². The van der Waals surface area contributed by atoms with E-state index in [4.69, 9.17) is 16.6 Å². The Bertz CT molecular complexity index is 1390. The van der Waals surface area contributed by atoms with Crippen molar-refractivity contribution in [1.82, 2.24) is 14.2 Å². The number of benzene rings is 3. The highest BCUT2D eigenvalue weighted by Crippen LogP contribution is 2.27. The van der Waals surface area contributed by atoms with Crippen LogP contribution in [0.1, 0.15) is 0 Å². The fourth-order valence-electron chi connectivity index (χ4n) is 3.40. The highest BCUT2D eigenvalue weighted by atomic mass is 79.9. The Morgan fingerprint density at radius 2 is 1.64 bits per heavy atom. The maximum Gasteiger partial charge on any atom is 0.281 e. The van der Waals surface area contributed by atoms with Gasteiger partial charge in [0, 0.05) is 21.1 Å². The van der Waals surface area contributed by atoms with E-state index in [1.807, 2.05) is 77.5 Å². The highest BCUT2D eigenvalue weighted by molar-refractivity contribution is 9.10. The van der Waals surface area contributed by atoms with Crippen LogP contribution < -0.4 is 5.56 Å². The van der Waals surface area contributed by atoms with Crippen molar-refractivity contribution in [1.29, 1.82) is 0 Å². The minimum Gasteiger partial charge on any atom is -0.267 e. The lowest BCUT2D eigenvalue weighted by Gasteiger charge is -2.12. The second-order valence-corrected chi connectivity index (χ2v) is 7.78. The van der Waals surface area contributed by atoms with Crippen molar-refractivity contribution in [3.8, 4) is 16.9 Å². The summed E-state index contributed by atoms with van der Waals surface area (Å²) in [6.45, 7) is 0. The summed E-state index contributed by atoms with van der Waals surface area (Å²) in [5.74, 6) is 0. The van der Waals surface area contributed by atoms with Crippen LogP contribution in [0, 0.1) is 0 Å². The Morgan fingerprint density at radius 1 is 0.893 bits per heavy atom. The van der Waals surface area contributed by atoms with Crippen LogP contribution in [0.5, 0.6) is 0 Å². The number of halogens is 2. The van der Waals surface area contributed by atoms with Gasteiger partial charge >= 0.3 is 0 Å². The molecular formula is C22H13BrClN3O. The maximum atomic E-state index is 13.4. The van der Waals surface area contributed by atoms with Crippen LogP contribution >= 0.6 is 27.5 Å². The van der Waals surface area contributed by atoms with Crippen molar-refractivity contribution in [3.05, 3.63) is 98.7 Å². The van der Waals surface area contributed by atoms with E-state index in [1.54, 1.807) is 10.6 Å². The summed E-state index contributed by atoms with van der Waals surface area (Å²) in [5.41, 5.74) is 3.83. The molecule has 0 amide bonds. The van der Waals surface area contributed by atoms with E-state index in [-0.39, 0.29) is 5.56 Å². The van der Waals surface area contributed by atoms with Gasteiger partial charge in [0.1, 0.15) is 0 Å². The van der Waals surface area contributed by atoms with Crippen LogP contribution in [-0.2, 0) is 0 Å². The topological polar surface area (TPSA) is 39.3 Å². The minimum absolute atomic E-state index is 0.126. The third-order valence-electron chi connectivity index (χ3n) is 4.67. The molecule has 5 aromatic rings. The molecule has 0 atom stereocenters. The van der Waals surface area contributed by atoms with Crippen molar-refractivity contribution in [3.63, 3.8) is 0 Å². The summed E-state index contributed by atoms with van der Waals surface area (Å²) < 4.78 is 4.34. The normalized spacial score (nSPS) is 11.4. The molecule has 4 nitrogen and oxygen atoms in total. The van der Waals surface area contributed by atoms with Crippen molar-refractivity contribution >= 4 is 44.1 Å². The summed E-state index contributed by atoms with van der Waals surface area (Å²) in [7, 11) is 0. The molecule has 0 saturated heterocycles. The minimum atomic E-state index is -0.126. The van der Waals surface area contributed by atoms with E-state index >= 15 is 0 Å². The molecule has 0 radical (unpaired) electrons. The molecule has 5 rings (SSSR count). The smallest absolute Gasteiger partial charge is 0.267 e. The molecular weight excluding hydrogens is 438 g/mol. The lowest BCUT2D eigenvalue weighted by atomic mass is 10.1. The largest absolute Gasteiger partial charge is 0.281 e. The molecule has 2 heterocycles. The molecule has 0 aliphatic carbocycles. The number of fused-ring (bicyclic) bond motifs is 2. The second-order valence-electron chi connectivity index (χ2n) is 6.43. The first kappa shape index (κ1) is 17.2. The van der Waals surface area contributed by atoms with Gasteiger partial charge in [-0.15, -0.1) is 0 Å². The number of aromatic nitrogens is 3. The van der Waals surface area contributed by atoms with Gasteiger partial charge in [-0.1, -0.05) is 57.9 Å². The molecule has 0 spiro atoms. The van der Waals surface area contributed by atoms with Crippen molar-refractivity contribution < 1.29 is 0 Å². The van der Waals surface area contributed by atoms with E-state index in [1.165, 1.54) is 0 Å². The third-order valence-corrected chi connectivity index (χ3v) is 5.41. The van der Waals surface area contributed by atoms with Crippen LogP contribution in [0.25, 0.3) is 33.5 Å². The molecule has 0 fully saturated rings. The van der Waals surface area contributed by atoms with Gasteiger partial charge in [-0.25, -0.2) is 9.67 Å². The zero-order valence-electron chi connectivity index (χ0n) is 14.5. The SMILES string of the molecule is O=c1c2cc(Br)ccc2nc2cc(-c3ccccc3)n(-c3ccc(Cl)cc3)n12. The van der Waals surface area contributed by atoms with Crippen LogP contribution in [-0.4, -0.2) is 14.2 Å². The van der Waals surface area contributed by atoms with Gasteiger partial charge in [-0.05, 0) is 42.5 Å². The van der Waals surface area contributed by atoms with Crippen molar-refractivity contribution in [2.45, 2.75) is 0 Å². The average Bonchev–Trinajstić information content (AvgIpc) is 3.10. The zero-order chi connectivity index (χ0) is 19.3. The van der Waals surface area contributed by atoms with Gasteiger partial charge in [0.25, 0.3) is 5.56 Å². The fourth-order valence-corrected chi connectivity index (χ4v) is 3.88. The van der Waals surface area contributed by atoms with Crippen LogP contribution in [0.15, 0.2) is 88.1 Å². The van der Waals surface area contributed by atoms with E-state index in [0.717, 1.165) is 21.4 Å². The lowest BCUT2D eigenvalue weighted by molar-refractivity contribution is 0.778. The molecule has 0 saturated carbocycles. The molecule has 0 unspecified atom stereocenters. The summed E-state index contributed by atoms with van der Waals surface area (Å²) in [6, 6.07) is 24.8. The number of hydrogen-bond acceptors (Lipinski definition) is 2. The number of hydrogen-bond donors (Lipinski definition) is 0. The molecule has 0 aliphatic heterocycles. The highest BCUT2D eigenvalue weighted by Gasteiger charge is 2.17. The first-order valence-corrected chi connectivity index (χ1v) is 9.84.